The fraction of sp³-hybridized carbons (Fsp3) is 0.0370. The van der Waals surface area contributed by atoms with Crippen molar-refractivity contribution in [2.75, 3.05) is 11.5 Å². The molecule has 5 rings (SSSR count). The third-order valence-corrected chi connectivity index (χ3v) is 5.69. The minimum atomic E-state index is -0.330. The van der Waals surface area contributed by atoms with E-state index in [1.165, 1.54) is 0 Å². The van der Waals surface area contributed by atoms with E-state index < -0.39 is 0 Å². The molecule has 0 radical (unpaired) electrons. The molecule has 156 valence electrons. The van der Waals surface area contributed by atoms with E-state index in [9.17, 15) is 9.59 Å². The van der Waals surface area contributed by atoms with Crippen LogP contribution in [-0.4, -0.2) is 11.6 Å². The molecule has 0 bridgehead atoms. The van der Waals surface area contributed by atoms with E-state index in [0.717, 1.165) is 5.56 Å². The van der Waals surface area contributed by atoms with Crippen LogP contribution in [0, 0.1) is 0 Å². The Hall–Kier alpha value is -4.38. The number of ether oxygens (including phenoxy) is 1. The lowest BCUT2D eigenvalue weighted by atomic mass is 9.80. The maximum atomic E-state index is 13.4. The summed E-state index contributed by atoms with van der Waals surface area (Å²) in [4.78, 5) is 26.7. The summed E-state index contributed by atoms with van der Waals surface area (Å²) in [6.45, 7) is 0. The smallest absolute Gasteiger partial charge is 0.196 e. The van der Waals surface area contributed by atoms with E-state index in [4.69, 9.17) is 16.2 Å². The molecule has 0 spiro atoms. The Morgan fingerprint density at radius 1 is 0.625 bits per heavy atom. The molecule has 5 nitrogen and oxygen atoms in total. The molecule has 0 saturated heterocycles. The van der Waals surface area contributed by atoms with Gasteiger partial charge in [-0.3, -0.25) is 9.59 Å². The van der Waals surface area contributed by atoms with Crippen molar-refractivity contribution < 1.29 is 14.3 Å². The molecule has 32 heavy (non-hydrogen) atoms. The Balaban J connectivity index is 1.76. The van der Waals surface area contributed by atoms with Crippen LogP contribution in [0.15, 0.2) is 84.9 Å². The Labute approximate surface area is 185 Å². The highest BCUT2D eigenvalue weighted by Gasteiger charge is 2.36. The molecule has 0 aliphatic heterocycles. The summed E-state index contributed by atoms with van der Waals surface area (Å²) in [6, 6.07) is 25.6. The predicted octanol–water partition coefficient (Wildman–Crippen LogP) is 5.01. The molecule has 0 amide bonds. The van der Waals surface area contributed by atoms with E-state index in [-0.39, 0.29) is 34.1 Å². The second-order valence-electron chi connectivity index (χ2n) is 7.67. The molecule has 4 aromatic carbocycles. The van der Waals surface area contributed by atoms with Crippen LogP contribution in [0.4, 0.5) is 11.4 Å². The normalized spacial score (nSPS) is 12.2. The van der Waals surface area contributed by atoms with Crippen molar-refractivity contribution in [1.29, 1.82) is 0 Å². The topological polar surface area (TPSA) is 95.4 Å². The van der Waals surface area contributed by atoms with Gasteiger partial charge in [0.1, 0.15) is 5.75 Å². The Morgan fingerprint density at radius 3 is 1.72 bits per heavy atom. The molecular formula is C27H20N2O3. The molecule has 0 heterocycles. The highest BCUT2D eigenvalue weighted by atomic mass is 16.5. The molecule has 4 aromatic rings. The van der Waals surface area contributed by atoms with Crippen LogP contribution >= 0.6 is 0 Å². The average Bonchev–Trinajstić information content (AvgIpc) is 2.83. The van der Waals surface area contributed by atoms with E-state index in [1.807, 2.05) is 48.5 Å². The molecule has 0 fully saturated rings. The second kappa shape index (κ2) is 7.71. The van der Waals surface area contributed by atoms with Gasteiger partial charge in [-0.25, -0.2) is 0 Å². The highest BCUT2D eigenvalue weighted by Crippen LogP contribution is 2.45. The van der Waals surface area contributed by atoms with Gasteiger partial charge in [0.25, 0.3) is 0 Å². The van der Waals surface area contributed by atoms with Crippen molar-refractivity contribution in [1.82, 2.24) is 0 Å². The summed E-state index contributed by atoms with van der Waals surface area (Å²) in [5.74, 6) is 0.225. The first-order valence-corrected chi connectivity index (χ1v) is 10.2. The maximum absolute atomic E-state index is 13.4. The van der Waals surface area contributed by atoms with Gasteiger partial charge in [0, 0.05) is 23.1 Å². The fourth-order valence-electron chi connectivity index (χ4n) is 4.14. The van der Waals surface area contributed by atoms with Crippen molar-refractivity contribution in [3.05, 3.63) is 118 Å². The molecular weight excluding hydrogens is 400 g/mol. The quantitative estimate of drug-likeness (QED) is 0.399. The van der Waals surface area contributed by atoms with Crippen molar-refractivity contribution in [2.24, 2.45) is 0 Å². The summed E-state index contributed by atoms with van der Waals surface area (Å²) in [5, 5.41) is 0. The third kappa shape index (κ3) is 3.11. The number of hydrogen-bond donors (Lipinski definition) is 2. The van der Waals surface area contributed by atoms with E-state index in [1.54, 1.807) is 36.4 Å². The van der Waals surface area contributed by atoms with Crippen LogP contribution in [-0.2, 0) is 6.42 Å². The molecule has 0 aromatic heterocycles. The number of ketones is 2. The van der Waals surface area contributed by atoms with Crippen molar-refractivity contribution >= 4 is 22.9 Å². The molecule has 1 aliphatic carbocycles. The number of hydrogen-bond acceptors (Lipinski definition) is 5. The van der Waals surface area contributed by atoms with E-state index in [2.05, 4.69) is 0 Å². The summed E-state index contributed by atoms with van der Waals surface area (Å²) in [7, 11) is 0. The molecule has 5 heteroatoms. The monoisotopic (exact) mass is 420 g/mol. The number of para-hydroxylation sites is 1. The lowest BCUT2D eigenvalue weighted by molar-refractivity contribution is 0.0980. The zero-order chi connectivity index (χ0) is 22.2. The lowest BCUT2D eigenvalue weighted by Crippen LogP contribution is -2.25. The minimum absolute atomic E-state index is 0.106. The number of benzene rings is 4. The Bertz CT molecular complexity index is 1260. The first-order valence-electron chi connectivity index (χ1n) is 10.2. The van der Waals surface area contributed by atoms with Crippen LogP contribution in [0.5, 0.6) is 11.5 Å². The van der Waals surface area contributed by atoms with Gasteiger partial charge in [0.05, 0.1) is 22.5 Å². The predicted molar refractivity (Wildman–Crippen MR) is 124 cm³/mol. The zero-order valence-corrected chi connectivity index (χ0v) is 17.2. The first-order chi connectivity index (χ1) is 15.6. The number of carbonyl (C=O) groups is 2. The molecule has 0 unspecified atom stereocenters. The number of nitrogen functional groups attached to an aromatic ring is 2. The highest BCUT2D eigenvalue weighted by molar-refractivity contribution is 6.32. The Kier molecular flexibility index (Phi) is 4.71. The first kappa shape index (κ1) is 19.6. The minimum Gasteiger partial charge on any atom is -0.455 e. The standard InChI is InChI=1S/C27H20N2O3/c28-23-20(15-16-9-3-1-4-10-16)27(32-17-11-5-2-6-12-17)24(29)22-21(23)25(30)18-13-7-8-14-19(18)26(22)31/h1-14H,15,28-29H2. The van der Waals surface area contributed by atoms with Crippen molar-refractivity contribution in [3.63, 3.8) is 0 Å². The average molecular weight is 420 g/mol. The summed E-state index contributed by atoms with van der Waals surface area (Å²) < 4.78 is 6.16. The SMILES string of the molecule is Nc1c(Cc2ccccc2)c(Oc2ccccc2)c(N)c2c1C(=O)c1ccccc1C2=O. The largest absolute Gasteiger partial charge is 0.455 e. The number of rotatable bonds is 4. The van der Waals surface area contributed by atoms with Crippen LogP contribution in [0.1, 0.15) is 43.0 Å². The van der Waals surface area contributed by atoms with Gasteiger partial charge in [-0.1, -0.05) is 72.8 Å². The van der Waals surface area contributed by atoms with Gasteiger partial charge in [0.15, 0.2) is 17.3 Å². The van der Waals surface area contributed by atoms with Gasteiger partial charge in [-0.15, -0.1) is 0 Å². The lowest BCUT2D eigenvalue weighted by Gasteiger charge is -2.25. The number of anilines is 2. The van der Waals surface area contributed by atoms with Crippen LogP contribution in [0.25, 0.3) is 0 Å². The van der Waals surface area contributed by atoms with Crippen LogP contribution in [0.2, 0.25) is 0 Å². The summed E-state index contributed by atoms with van der Waals surface area (Å²) in [6.07, 6.45) is 0.398. The number of nitrogens with two attached hydrogens (primary N) is 2. The second-order valence-corrected chi connectivity index (χ2v) is 7.67. The van der Waals surface area contributed by atoms with Gasteiger partial charge in [-0.2, -0.15) is 0 Å². The van der Waals surface area contributed by atoms with Gasteiger partial charge >= 0.3 is 0 Å². The zero-order valence-electron chi connectivity index (χ0n) is 17.2. The van der Waals surface area contributed by atoms with Crippen molar-refractivity contribution in [3.8, 4) is 11.5 Å². The van der Waals surface area contributed by atoms with Crippen molar-refractivity contribution in [2.45, 2.75) is 6.42 Å². The van der Waals surface area contributed by atoms with Gasteiger partial charge < -0.3 is 16.2 Å². The molecule has 0 atom stereocenters. The van der Waals surface area contributed by atoms with Gasteiger partial charge in [-0.05, 0) is 17.7 Å². The molecule has 0 saturated carbocycles. The number of carbonyl (C=O) groups excluding carboxylic acids is 2. The molecule has 1 aliphatic rings. The number of fused-ring (bicyclic) bond motifs is 2. The maximum Gasteiger partial charge on any atom is 0.196 e. The fourth-order valence-corrected chi connectivity index (χ4v) is 4.14. The van der Waals surface area contributed by atoms with E-state index in [0.29, 0.717) is 34.6 Å². The van der Waals surface area contributed by atoms with Gasteiger partial charge in [0.2, 0.25) is 0 Å². The van der Waals surface area contributed by atoms with Crippen LogP contribution < -0.4 is 16.2 Å². The van der Waals surface area contributed by atoms with E-state index >= 15 is 0 Å². The molecule has 4 N–H and O–H groups in total. The Morgan fingerprint density at radius 2 is 1.12 bits per heavy atom. The summed E-state index contributed by atoms with van der Waals surface area (Å²) >= 11 is 0. The third-order valence-electron chi connectivity index (χ3n) is 5.69. The van der Waals surface area contributed by atoms with Crippen LogP contribution in [0.3, 0.4) is 0 Å². The summed E-state index contributed by atoms with van der Waals surface area (Å²) in [5.41, 5.74) is 15.9.